The molecule has 0 aromatic heterocycles. The monoisotopic (exact) mass is 259 g/mol. The van der Waals surface area contributed by atoms with Crippen LogP contribution in [0.2, 0.25) is 0 Å². The van der Waals surface area contributed by atoms with Crippen LogP contribution in [0, 0.1) is 29.1 Å². The van der Waals surface area contributed by atoms with Gasteiger partial charge in [0.1, 0.15) is 0 Å². The summed E-state index contributed by atoms with van der Waals surface area (Å²) in [5, 5.41) is 2.32. The second-order valence-corrected chi connectivity index (χ2v) is 3.48. The number of anilines is 2. The summed E-state index contributed by atoms with van der Waals surface area (Å²) in [6, 6.07) is 4.42. The van der Waals surface area contributed by atoms with E-state index in [2.05, 4.69) is 5.32 Å². The molecule has 0 aliphatic rings. The first-order valence-corrected chi connectivity index (χ1v) is 4.84. The Morgan fingerprint density at radius 2 is 1.33 bits per heavy atom. The predicted molar refractivity (Wildman–Crippen MR) is 56.0 cm³/mol. The quantitative estimate of drug-likeness (QED) is 0.631. The lowest BCUT2D eigenvalue weighted by atomic mass is 10.2. The smallest absolute Gasteiger partial charge is 0.196 e. The highest BCUT2D eigenvalue weighted by atomic mass is 19.2. The lowest BCUT2D eigenvalue weighted by molar-refractivity contribution is 0.449. The Bertz CT molecular complexity index is 597. The zero-order valence-corrected chi connectivity index (χ0v) is 8.78. The Hall–Kier alpha value is -2.11. The maximum atomic E-state index is 13.3. The van der Waals surface area contributed by atoms with Crippen molar-refractivity contribution in [2.45, 2.75) is 0 Å². The van der Waals surface area contributed by atoms with Crippen LogP contribution in [-0.2, 0) is 0 Å². The van der Waals surface area contributed by atoms with E-state index in [1.165, 1.54) is 0 Å². The maximum absolute atomic E-state index is 13.3. The number of benzene rings is 2. The Labute approximate surface area is 98.9 Å². The average molecular weight is 259 g/mol. The fraction of sp³-hybridized carbons (Fsp3) is 0. The van der Waals surface area contributed by atoms with Crippen LogP contribution in [0.5, 0.6) is 0 Å². The Morgan fingerprint density at radius 1 is 0.667 bits per heavy atom. The predicted octanol–water partition coefficient (Wildman–Crippen LogP) is 4.13. The van der Waals surface area contributed by atoms with Crippen LogP contribution in [0.15, 0.2) is 30.3 Å². The molecule has 6 heteroatoms. The zero-order valence-electron chi connectivity index (χ0n) is 8.78. The van der Waals surface area contributed by atoms with E-state index in [0.717, 1.165) is 30.3 Å². The molecule has 0 spiro atoms. The normalized spacial score (nSPS) is 10.5. The van der Waals surface area contributed by atoms with Crippen molar-refractivity contribution in [3.63, 3.8) is 0 Å². The number of rotatable bonds is 2. The van der Waals surface area contributed by atoms with Crippen LogP contribution in [0.4, 0.5) is 33.3 Å². The molecule has 2 rings (SSSR count). The Balaban J connectivity index is 2.34. The SMILES string of the molecule is Fc1ccc(Nc2ccc(F)c(F)c2F)cc1F. The standard InChI is InChI=1S/C12H6F5N/c13-7-2-1-6(5-9(7)15)18-10-4-3-8(14)11(16)12(10)17/h1-5,18H. The summed E-state index contributed by atoms with van der Waals surface area (Å²) >= 11 is 0. The van der Waals surface area contributed by atoms with E-state index in [-0.39, 0.29) is 11.4 Å². The van der Waals surface area contributed by atoms with Gasteiger partial charge in [0.15, 0.2) is 29.1 Å². The summed E-state index contributed by atoms with van der Waals surface area (Å²) in [6.07, 6.45) is 0. The fourth-order valence-corrected chi connectivity index (χ4v) is 1.35. The van der Waals surface area contributed by atoms with Gasteiger partial charge in [-0.05, 0) is 24.3 Å². The van der Waals surface area contributed by atoms with E-state index in [1.807, 2.05) is 0 Å². The van der Waals surface area contributed by atoms with E-state index in [4.69, 9.17) is 0 Å². The first kappa shape index (κ1) is 12.3. The van der Waals surface area contributed by atoms with Gasteiger partial charge in [-0.25, -0.2) is 22.0 Å². The highest BCUT2D eigenvalue weighted by molar-refractivity contribution is 5.60. The molecule has 0 amide bonds. The van der Waals surface area contributed by atoms with Crippen LogP contribution in [-0.4, -0.2) is 0 Å². The van der Waals surface area contributed by atoms with Gasteiger partial charge in [0.2, 0.25) is 0 Å². The topological polar surface area (TPSA) is 12.0 Å². The molecular formula is C12H6F5N. The highest BCUT2D eigenvalue weighted by Crippen LogP contribution is 2.24. The van der Waals surface area contributed by atoms with E-state index >= 15 is 0 Å². The molecule has 0 radical (unpaired) electrons. The van der Waals surface area contributed by atoms with Gasteiger partial charge >= 0.3 is 0 Å². The highest BCUT2D eigenvalue weighted by Gasteiger charge is 2.13. The Kier molecular flexibility index (Phi) is 3.18. The molecule has 0 saturated carbocycles. The van der Waals surface area contributed by atoms with Gasteiger partial charge in [0.25, 0.3) is 0 Å². The van der Waals surface area contributed by atoms with E-state index < -0.39 is 29.1 Å². The minimum absolute atomic E-state index is 0.0128. The summed E-state index contributed by atoms with van der Waals surface area (Å²) in [6.45, 7) is 0. The minimum atomic E-state index is -1.64. The Morgan fingerprint density at radius 3 is 2.00 bits per heavy atom. The molecule has 0 saturated heterocycles. The van der Waals surface area contributed by atoms with E-state index in [9.17, 15) is 22.0 Å². The number of nitrogens with one attached hydrogen (secondary N) is 1. The van der Waals surface area contributed by atoms with Crippen LogP contribution in [0.25, 0.3) is 0 Å². The van der Waals surface area contributed by atoms with Crippen LogP contribution >= 0.6 is 0 Å². The maximum Gasteiger partial charge on any atom is 0.196 e. The minimum Gasteiger partial charge on any atom is -0.353 e. The van der Waals surface area contributed by atoms with Crippen molar-refractivity contribution in [1.82, 2.24) is 0 Å². The van der Waals surface area contributed by atoms with Crippen molar-refractivity contribution in [1.29, 1.82) is 0 Å². The summed E-state index contributed by atoms with van der Waals surface area (Å²) in [5.74, 6) is -6.60. The van der Waals surface area contributed by atoms with Gasteiger partial charge in [-0.1, -0.05) is 0 Å². The van der Waals surface area contributed by atoms with Crippen molar-refractivity contribution in [2.75, 3.05) is 5.32 Å². The first-order valence-electron chi connectivity index (χ1n) is 4.84. The van der Waals surface area contributed by atoms with E-state index in [0.29, 0.717) is 0 Å². The second-order valence-electron chi connectivity index (χ2n) is 3.48. The van der Waals surface area contributed by atoms with Gasteiger partial charge in [-0.2, -0.15) is 0 Å². The molecule has 18 heavy (non-hydrogen) atoms. The average Bonchev–Trinajstić information content (AvgIpc) is 2.34. The first-order chi connectivity index (χ1) is 8.49. The fourth-order valence-electron chi connectivity index (χ4n) is 1.35. The number of hydrogen-bond donors (Lipinski definition) is 1. The van der Waals surface area contributed by atoms with Gasteiger partial charge in [-0.15, -0.1) is 0 Å². The van der Waals surface area contributed by atoms with Crippen molar-refractivity contribution >= 4 is 11.4 Å². The van der Waals surface area contributed by atoms with Crippen LogP contribution < -0.4 is 5.32 Å². The molecule has 0 bridgehead atoms. The summed E-state index contributed by atoms with van der Waals surface area (Å²) in [7, 11) is 0. The number of hydrogen-bond acceptors (Lipinski definition) is 1. The van der Waals surface area contributed by atoms with Gasteiger partial charge in [0, 0.05) is 11.8 Å². The van der Waals surface area contributed by atoms with Crippen LogP contribution in [0.1, 0.15) is 0 Å². The number of halogens is 5. The van der Waals surface area contributed by atoms with Gasteiger partial charge in [0.05, 0.1) is 5.69 Å². The van der Waals surface area contributed by atoms with Gasteiger partial charge < -0.3 is 5.32 Å². The molecule has 0 heterocycles. The van der Waals surface area contributed by atoms with Crippen molar-refractivity contribution in [3.05, 3.63) is 59.4 Å². The summed E-state index contributed by atoms with van der Waals surface area (Å²) in [5.41, 5.74) is -0.362. The molecule has 0 fully saturated rings. The lowest BCUT2D eigenvalue weighted by Crippen LogP contribution is -1.99. The molecule has 1 nitrogen and oxygen atoms in total. The molecule has 0 aliphatic heterocycles. The second kappa shape index (κ2) is 4.64. The van der Waals surface area contributed by atoms with Crippen molar-refractivity contribution in [2.24, 2.45) is 0 Å². The zero-order chi connectivity index (χ0) is 13.3. The molecule has 0 atom stereocenters. The van der Waals surface area contributed by atoms with Gasteiger partial charge in [-0.3, -0.25) is 0 Å². The molecule has 0 unspecified atom stereocenters. The van der Waals surface area contributed by atoms with Crippen molar-refractivity contribution < 1.29 is 22.0 Å². The lowest BCUT2D eigenvalue weighted by Gasteiger charge is -2.08. The molecule has 2 aromatic rings. The summed E-state index contributed by atoms with van der Waals surface area (Å²) in [4.78, 5) is 0. The van der Waals surface area contributed by atoms with E-state index in [1.54, 1.807) is 0 Å². The summed E-state index contributed by atoms with van der Waals surface area (Å²) < 4.78 is 64.4. The molecule has 2 aromatic carbocycles. The van der Waals surface area contributed by atoms with Crippen molar-refractivity contribution in [3.8, 4) is 0 Å². The largest absolute Gasteiger partial charge is 0.353 e. The molecule has 94 valence electrons. The van der Waals surface area contributed by atoms with Crippen LogP contribution in [0.3, 0.4) is 0 Å². The third-order valence-electron chi connectivity index (χ3n) is 2.23. The molecule has 1 N–H and O–H groups in total. The molecular weight excluding hydrogens is 253 g/mol. The molecule has 0 aliphatic carbocycles. The third kappa shape index (κ3) is 2.27. The third-order valence-corrected chi connectivity index (χ3v) is 2.23.